The average Bonchev–Trinajstić information content (AvgIpc) is 2.10. The Morgan fingerprint density at radius 1 is 1.07 bits per heavy atom. The SMILES string of the molecule is CCNc1ccc(NCC)c(C)c1.Cl. The van der Waals surface area contributed by atoms with Crippen molar-refractivity contribution >= 4 is 23.8 Å². The summed E-state index contributed by atoms with van der Waals surface area (Å²) in [7, 11) is 0. The minimum absolute atomic E-state index is 0. The molecule has 2 nitrogen and oxygen atoms in total. The minimum Gasteiger partial charge on any atom is -0.385 e. The van der Waals surface area contributed by atoms with Crippen LogP contribution in [-0.2, 0) is 0 Å². The minimum atomic E-state index is 0. The van der Waals surface area contributed by atoms with Crippen LogP contribution in [0.4, 0.5) is 11.4 Å². The fraction of sp³-hybridized carbons (Fsp3) is 0.455. The van der Waals surface area contributed by atoms with Crippen molar-refractivity contribution in [3.63, 3.8) is 0 Å². The largest absolute Gasteiger partial charge is 0.385 e. The first-order chi connectivity index (χ1) is 6.27. The Labute approximate surface area is 92.5 Å². The highest BCUT2D eigenvalue weighted by molar-refractivity contribution is 5.85. The van der Waals surface area contributed by atoms with Gasteiger partial charge in [0.2, 0.25) is 0 Å². The van der Waals surface area contributed by atoms with Crippen molar-refractivity contribution in [1.29, 1.82) is 0 Å². The molecule has 0 unspecified atom stereocenters. The molecule has 1 rings (SSSR count). The van der Waals surface area contributed by atoms with Crippen molar-refractivity contribution in [2.75, 3.05) is 23.7 Å². The van der Waals surface area contributed by atoms with E-state index in [1.165, 1.54) is 16.9 Å². The number of hydrogen-bond donors (Lipinski definition) is 2. The predicted octanol–water partition coefficient (Wildman–Crippen LogP) is 3.28. The molecule has 0 amide bonds. The maximum Gasteiger partial charge on any atom is 0.0371 e. The van der Waals surface area contributed by atoms with Gasteiger partial charge in [-0.05, 0) is 44.5 Å². The second-order valence-electron chi connectivity index (χ2n) is 3.09. The molecule has 0 aliphatic heterocycles. The topological polar surface area (TPSA) is 24.1 Å². The van der Waals surface area contributed by atoms with Crippen LogP contribution in [0.3, 0.4) is 0 Å². The summed E-state index contributed by atoms with van der Waals surface area (Å²) in [6, 6.07) is 6.40. The number of halogens is 1. The fourth-order valence-corrected chi connectivity index (χ4v) is 1.37. The first-order valence-electron chi connectivity index (χ1n) is 4.86. The van der Waals surface area contributed by atoms with Gasteiger partial charge in [0, 0.05) is 24.5 Å². The van der Waals surface area contributed by atoms with Crippen LogP contribution in [0.1, 0.15) is 19.4 Å². The quantitative estimate of drug-likeness (QED) is 0.804. The number of anilines is 2. The molecular formula is C11H19ClN2. The van der Waals surface area contributed by atoms with Crippen molar-refractivity contribution in [3.8, 4) is 0 Å². The van der Waals surface area contributed by atoms with Gasteiger partial charge in [-0.2, -0.15) is 0 Å². The third-order valence-corrected chi connectivity index (χ3v) is 1.97. The van der Waals surface area contributed by atoms with E-state index in [4.69, 9.17) is 0 Å². The van der Waals surface area contributed by atoms with E-state index in [9.17, 15) is 0 Å². The van der Waals surface area contributed by atoms with Gasteiger partial charge in [0.25, 0.3) is 0 Å². The molecule has 0 saturated carbocycles. The van der Waals surface area contributed by atoms with Gasteiger partial charge in [-0.1, -0.05) is 0 Å². The van der Waals surface area contributed by atoms with E-state index >= 15 is 0 Å². The molecule has 14 heavy (non-hydrogen) atoms. The van der Waals surface area contributed by atoms with Gasteiger partial charge >= 0.3 is 0 Å². The Hall–Kier alpha value is -0.890. The molecule has 0 fully saturated rings. The molecule has 0 heterocycles. The number of nitrogens with one attached hydrogen (secondary N) is 2. The molecule has 1 aromatic rings. The van der Waals surface area contributed by atoms with Gasteiger partial charge in [0.05, 0.1) is 0 Å². The summed E-state index contributed by atoms with van der Waals surface area (Å²) < 4.78 is 0. The third-order valence-electron chi connectivity index (χ3n) is 1.97. The van der Waals surface area contributed by atoms with Gasteiger partial charge in [-0.3, -0.25) is 0 Å². The van der Waals surface area contributed by atoms with Crippen LogP contribution in [-0.4, -0.2) is 13.1 Å². The van der Waals surface area contributed by atoms with Gasteiger partial charge in [0.15, 0.2) is 0 Å². The van der Waals surface area contributed by atoms with E-state index in [-0.39, 0.29) is 12.4 Å². The van der Waals surface area contributed by atoms with Crippen LogP contribution in [0.15, 0.2) is 18.2 Å². The number of benzene rings is 1. The van der Waals surface area contributed by atoms with Crippen LogP contribution < -0.4 is 10.6 Å². The molecule has 0 spiro atoms. The number of aryl methyl sites for hydroxylation is 1. The van der Waals surface area contributed by atoms with Crippen molar-refractivity contribution in [2.45, 2.75) is 20.8 Å². The molecule has 2 N–H and O–H groups in total. The molecule has 3 heteroatoms. The summed E-state index contributed by atoms with van der Waals surface area (Å²) in [5.74, 6) is 0. The van der Waals surface area contributed by atoms with E-state index in [2.05, 4.69) is 49.6 Å². The Balaban J connectivity index is 0.00000169. The highest BCUT2D eigenvalue weighted by Gasteiger charge is 1.97. The van der Waals surface area contributed by atoms with Crippen LogP contribution in [0.5, 0.6) is 0 Å². The molecule has 0 atom stereocenters. The van der Waals surface area contributed by atoms with E-state index in [1.54, 1.807) is 0 Å². The molecule has 1 aromatic carbocycles. The number of hydrogen-bond acceptors (Lipinski definition) is 2. The summed E-state index contributed by atoms with van der Waals surface area (Å²) in [5.41, 5.74) is 3.71. The van der Waals surface area contributed by atoms with Gasteiger partial charge < -0.3 is 10.6 Å². The first-order valence-corrected chi connectivity index (χ1v) is 4.86. The summed E-state index contributed by atoms with van der Waals surface area (Å²) in [5, 5.41) is 6.61. The highest BCUT2D eigenvalue weighted by atomic mass is 35.5. The van der Waals surface area contributed by atoms with Crippen LogP contribution in [0.2, 0.25) is 0 Å². The van der Waals surface area contributed by atoms with Crippen LogP contribution in [0, 0.1) is 6.92 Å². The molecule has 0 radical (unpaired) electrons. The highest BCUT2D eigenvalue weighted by Crippen LogP contribution is 2.19. The Bertz CT molecular complexity index is 274. The zero-order valence-electron chi connectivity index (χ0n) is 9.05. The van der Waals surface area contributed by atoms with Crippen molar-refractivity contribution in [3.05, 3.63) is 23.8 Å². The van der Waals surface area contributed by atoms with Crippen LogP contribution >= 0.6 is 12.4 Å². The van der Waals surface area contributed by atoms with Gasteiger partial charge in [-0.25, -0.2) is 0 Å². The monoisotopic (exact) mass is 214 g/mol. The Morgan fingerprint density at radius 3 is 2.21 bits per heavy atom. The standard InChI is InChI=1S/C11H18N2.ClH/c1-4-12-10-6-7-11(13-5-2)9(3)8-10;/h6-8,12-13H,4-5H2,1-3H3;1H. The number of rotatable bonds is 4. The van der Waals surface area contributed by atoms with E-state index in [1.807, 2.05) is 0 Å². The predicted molar refractivity (Wildman–Crippen MR) is 66.8 cm³/mol. The first kappa shape index (κ1) is 13.1. The third kappa shape index (κ3) is 3.46. The molecule has 0 aliphatic carbocycles. The second-order valence-corrected chi connectivity index (χ2v) is 3.09. The van der Waals surface area contributed by atoms with Crippen molar-refractivity contribution in [1.82, 2.24) is 0 Å². The van der Waals surface area contributed by atoms with E-state index < -0.39 is 0 Å². The lowest BCUT2D eigenvalue weighted by Crippen LogP contribution is -2.01. The van der Waals surface area contributed by atoms with E-state index in [0.29, 0.717) is 0 Å². The average molecular weight is 215 g/mol. The zero-order chi connectivity index (χ0) is 9.68. The fourth-order valence-electron chi connectivity index (χ4n) is 1.37. The lowest BCUT2D eigenvalue weighted by atomic mass is 10.2. The summed E-state index contributed by atoms with van der Waals surface area (Å²) >= 11 is 0. The van der Waals surface area contributed by atoms with Crippen molar-refractivity contribution in [2.24, 2.45) is 0 Å². The van der Waals surface area contributed by atoms with E-state index in [0.717, 1.165) is 13.1 Å². The smallest absolute Gasteiger partial charge is 0.0371 e. The summed E-state index contributed by atoms with van der Waals surface area (Å²) in [6.45, 7) is 8.28. The van der Waals surface area contributed by atoms with Gasteiger partial charge in [-0.15, -0.1) is 12.4 Å². The maximum atomic E-state index is 3.32. The van der Waals surface area contributed by atoms with Gasteiger partial charge in [0.1, 0.15) is 0 Å². The molecule has 80 valence electrons. The molecule has 0 aliphatic rings. The molecular weight excluding hydrogens is 196 g/mol. The summed E-state index contributed by atoms with van der Waals surface area (Å²) in [6.07, 6.45) is 0. The van der Waals surface area contributed by atoms with Crippen LogP contribution in [0.25, 0.3) is 0 Å². The molecule has 0 saturated heterocycles. The lowest BCUT2D eigenvalue weighted by Gasteiger charge is -2.10. The Morgan fingerprint density at radius 2 is 1.71 bits per heavy atom. The maximum absolute atomic E-state index is 3.32. The van der Waals surface area contributed by atoms with Crippen molar-refractivity contribution < 1.29 is 0 Å². The lowest BCUT2D eigenvalue weighted by molar-refractivity contribution is 1.18. The second kappa shape index (κ2) is 6.55. The molecule has 0 bridgehead atoms. The normalized spacial score (nSPS) is 9.07. The summed E-state index contributed by atoms with van der Waals surface area (Å²) in [4.78, 5) is 0. The molecule has 0 aromatic heterocycles. The zero-order valence-corrected chi connectivity index (χ0v) is 9.87. The Kier molecular flexibility index (Phi) is 6.13.